The van der Waals surface area contributed by atoms with Crippen LogP contribution >= 0.6 is 0 Å². The number of carbonyl (C=O) groups is 2. The lowest BCUT2D eigenvalue weighted by Gasteiger charge is -2.18. The first kappa shape index (κ1) is 21.0. The quantitative estimate of drug-likeness (QED) is 0.692. The van der Waals surface area contributed by atoms with E-state index in [1.54, 1.807) is 0 Å². The third-order valence-corrected chi connectivity index (χ3v) is 6.25. The van der Waals surface area contributed by atoms with Crippen LogP contribution < -0.4 is 10.0 Å². The second kappa shape index (κ2) is 8.75. The monoisotopic (exact) mass is 415 g/mol. The number of anilines is 1. The lowest BCUT2D eigenvalue weighted by atomic mass is 10.1. The van der Waals surface area contributed by atoms with Crippen molar-refractivity contribution in [2.75, 3.05) is 18.9 Å². The van der Waals surface area contributed by atoms with Crippen molar-refractivity contribution in [1.29, 1.82) is 0 Å². The van der Waals surface area contributed by atoms with E-state index in [0.29, 0.717) is 5.56 Å². The molecule has 0 bridgehead atoms. The number of aryl methyl sites for hydroxylation is 1. The molecule has 0 radical (unpaired) electrons. The van der Waals surface area contributed by atoms with Crippen LogP contribution in [0.5, 0.6) is 0 Å². The number of sulfonamides is 1. The molecule has 1 aliphatic carbocycles. The fraction of sp³-hybridized carbons (Fsp3) is 0.333. The zero-order valence-corrected chi connectivity index (χ0v) is 17.3. The number of nitrogens with zero attached hydrogens (tertiary/aromatic N) is 1. The highest BCUT2D eigenvalue weighted by molar-refractivity contribution is 7.89. The number of benzene rings is 2. The molecule has 2 aromatic rings. The van der Waals surface area contributed by atoms with E-state index < -0.39 is 10.0 Å². The normalized spacial score (nSPS) is 13.7. The van der Waals surface area contributed by atoms with E-state index >= 15 is 0 Å². The molecule has 1 saturated carbocycles. The summed E-state index contributed by atoms with van der Waals surface area (Å²) in [6, 6.07) is 13.3. The summed E-state index contributed by atoms with van der Waals surface area (Å²) in [6.07, 6.45) is 2.49. The number of hydrogen-bond donors (Lipinski definition) is 2. The summed E-state index contributed by atoms with van der Waals surface area (Å²) in [6.45, 7) is 1.89. The Morgan fingerprint density at radius 1 is 1.07 bits per heavy atom. The van der Waals surface area contributed by atoms with Gasteiger partial charge in [0.15, 0.2) is 0 Å². The molecule has 0 spiro atoms. The van der Waals surface area contributed by atoms with Gasteiger partial charge < -0.3 is 10.2 Å². The summed E-state index contributed by atoms with van der Waals surface area (Å²) in [5, 5.41) is 2.83. The average molecular weight is 416 g/mol. The Morgan fingerprint density at radius 3 is 2.34 bits per heavy atom. The molecule has 2 amide bonds. The highest BCUT2D eigenvalue weighted by atomic mass is 32.2. The molecule has 0 saturated heterocycles. The molecule has 29 heavy (non-hydrogen) atoms. The minimum Gasteiger partial charge on any atom is -0.332 e. The lowest BCUT2D eigenvalue weighted by molar-refractivity contribution is -0.116. The standard InChI is InChI=1S/C21H25N3O4S/c1-3-15-6-4-5-7-19(15)22-20(25)14-24(2)21(26)16-8-12-18(13-9-16)29(27,28)23-17-10-11-17/h4-9,12-13,17,23H,3,10-11,14H2,1-2H3,(H,22,25). The molecule has 2 N–H and O–H groups in total. The van der Waals surface area contributed by atoms with E-state index in [2.05, 4.69) is 10.0 Å². The molecule has 1 aliphatic rings. The molecule has 7 nitrogen and oxygen atoms in total. The highest BCUT2D eigenvalue weighted by Crippen LogP contribution is 2.22. The average Bonchev–Trinajstić information content (AvgIpc) is 3.51. The van der Waals surface area contributed by atoms with E-state index in [-0.39, 0.29) is 29.3 Å². The first-order valence-corrected chi connectivity index (χ1v) is 11.0. The molecule has 2 aromatic carbocycles. The summed E-state index contributed by atoms with van der Waals surface area (Å²) < 4.78 is 27.0. The predicted molar refractivity (Wildman–Crippen MR) is 111 cm³/mol. The van der Waals surface area contributed by atoms with Gasteiger partial charge in [-0.3, -0.25) is 9.59 Å². The number of carbonyl (C=O) groups excluding carboxylic acids is 2. The molecule has 0 aliphatic heterocycles. The largest absolute Gasteiger partial charge is 0.332 e. The second-order valence-electron chi connectivity index (χ2n) is 7.14. The second-order valence-corrected chi connectivity index (χ2v) is 8.85. The van der Waals surface area contributed by atoms with Crippen molar-refractivity contribution in [2.45, 2.75) is 37.1 Å². The number of hydrogen-bond acceptors (Lipinski definition) is 4. The van der Waals surface area contributed by atoms with Gasteiger partial charge in [-0.25, -0.2) is 13.1 Å². The molecular formula is C21H25N3O4S. The molecule has 154 valence electrons. The van der Waals surface area contributed by atoms with E-state index in [1.165, 1.54) is 36.2 Å². The summed E-state index contributed by atoms with van der Waals surface area (Å²) in [7, 11) is -2.02. The minimum atomic E-state index is -3.56. The van der Waals surface area contributed by atoms with Crippen LogP contribution in [0.1, 0.15) is 35.7 Å². The Labute approximate surface area is 171 Å². The van der Waals surface area contributed by atoms with Crippen LogP contribution in [0.4, 0.5) is 5.69 Å². The van der Waals surface area contributed by atoms with E-state index in [9.17, 15) is 18.0 Å². The van der Waals surface area contributed by atoms with Crippen molar-refractivity contribution in [3.05, 3.63) is 59.7 Å². The van der Waals surface area contributed by atoms with Gasteiger partial charge in [0.05, 0.1) is 11.4 Å². The number of amides is 2. The third-order valence-electron chi connectivity index (χ3n) is 4.71. The van der Waals surface area contributed by atoms with E-state index in [1.807, 2.05) is 31.2 Å². The maximum absolute atomic E-state index is 12.6. The van der Waals surface area contributed by atoms with Crippen LogP contribution in [0.3, 0.4) is 0 Å². The Kier molecular flexibility index (Phi) is 6.34. The van der Waals surface area contributed by atoms with Crippen LogP contribution in [0, 0.1) is 0 Å². The van der Waals surface area contributed by atoms with Crippen LogP contribution in [0.25, 0.3) is 0 Å². The van der Waals surface area contributed by atoms with Crippen LogP contribution in [0.15, 0.2) is 53.4 Å². The van der Waals surface area contributed by atoms with Crippen molar-refractivity contribution in [2.24, 2.45) is 0 Å². The van der Waals surface area contributed by atoms with Gasteiger partial charge in [0.25, 0.3) is 5.91 Å². The molecule has 8 heteroatoms. The lowest BCUT2D eigenvalue weighted by Crippen LogP contribution is -2.35. The van der Waals surface area contributed by atoms with Crippen molar-refractivity contribution in [3.63, 3.8) is 0 Å². The van der Waals surface area contributed by atoms with Gasteiger partial charge in [0, 0.05) is 24.3 Å². The molecular weight excluding hydrogens is 390 g/mol. The molecule has 3 rings (SSSR count). The van der Waals surface area contributed by atoms with Crippen LogP contribution in [0.2, 0.25) is 0 Å². The maximum Gasteiger partial charge on any atom is 0.254 e. The molecule has 0 aromatic heterocycles. The number of rotatable bonds is 8. The van der Waals surface area contributed by atoms with Gasteiger partial charge in [0.2, 0.25) is 15.9 Å². The number of nitrogens with one attached hydrogen (secondary N) is 2. The third kappa shape index (κ3) is 5.42. The Morgan fingerprint density at radius 2 is 1.72 bits per heavy atom. The minimum absolute atomic E-state index is 0.0174. The topological polar surface area (TPSA) is 95.6 Å². The number of para-hydroxylation sites is 1. The zero-order chi connectivity index (χ0) is 21.0. The molecule has 1 fully saturated rings. The van der Waals surface area contributed by atoms with Gasteiger partial charge in [-0.05, 0) is 55.2 Å². The van der Waals surface area contributed by atoms with Crippen LogP contribution in [-0.2, 0) is 21.2 Å². The Bertz CT molecular complexity index is 999. The van der Waals surface area contributed by atoms with E-state index in [0.717, 1.165) is 30.5 Å². The van der Waals surface area contributed by atoms with Crippen molar-refractivity contribution >= 4 is 27.5 Å². The van der Waals surface area contributed by atoms with Crippen molar-refractivity contribution in [1.82, 2.24) is 9.62 Å². The van der Waals surface area contributed by atoms with Crippen molar-refractivity contribution < 1.29 is 18.0 Å². The van der Waals surface area contributed by atoms with Gasteiger partial charge in [-0.1, -0.05) is 25.1 Å². The summed E-state index contributed by atoms with van der Waals surface area (Å²) >= 11 is 0. The van der Waals surface area contributed by atoms with Crippen molar-refractivity contribution in [3.8, 4) is 0 Å². The first-order chi connectivity index (χ1) is 13.8. The fourth-order valence-corrected chi connectivity index (χ4v) is 4.22. The SMILES string of the molecule is CCc1ccccc1NC(=O)CN(C)C(=O)c1ccc(S(=O)(=O)NC2CC2)cc1. The fourth-order valence-electron chi connectivity index (χ4n) is 2.91. The smallest absolute Gasteiger partial charge is 0.254 e. The van der Waals surface area contributed by atoms with Crippen LogP contribution in [-0.4, -0.2) is 44.8 Å². The Hall–Kier alpha value is -2.71. The van der Waals surface area contributed by atoms with Gasteiger partial charge >= 0.3 is 0 Å². The predicted octanol–water partition coefficient (Wildman–Crippen LogP) is 2.40. The van der Waals surface area contributed by atoms with Gasteiger partial charge in [-0.15, -0.1) is 0 Å². The molecule has 0 heterocycles. The van der Waals surface area contributed by atoms with E-state index in [4.69, 9.17) is 0 Å². The summed E-state index contributed by atoms with van der Waals surface area (Å²) in [5.74, 6) is -0.655. The zero-order valence-electron chi connectivity index (χ0n) is 16.5. The highest BCUT2D eigenvalue weighted by Gasteiger charge is 2.28. The summed E-state index contributed by atoms with van der Waals surface area (Å²) in [5.41, 5.74) is 2.07. The van der Waals surface area contributed by atoms with Gasteiger partial charge in [-0.2, -0.15) is 0 Å². The molecule has 0 atom stereocenters. The maximum atomic E-state index is 12.6. The summed E-state index contributed by atoms with van der Waals surface area (Å²) in [4.78, 5) is 26.3. The number of likely N-dealkylation sites (N-methyl/N-ethyl adjacent to an activating group) is 1. The van der Waals surface area contributed by atoms with Gasteiger partial charge in [0.1, 0.15) is 0 Å². The molecule has 0 unspecified atom stereocenters. The first-order valence-electron chi connectivity index (χ1n) is 9.55. The Balaban J connectivity index is 1.61.